The van der Waals surface area contributed by atoms with Gasteiger partial charge in [-0.3, -0.25) is 0 Å². The molecule has 0 N–H and O–H groups in total. The van der Waals surface area contributed by atoms with E-state index in [1.54, 1.807) is 0 Å². The molecule has 2 aromatic carbocycles. The number of halogens is 1. The van der Waals surface area contributed by atoms with Crippen molar-refractivity contribution in [1.29, 1.82) is 5.26 Å². The van der Waals surface area contributed by atoms with Crippen LogP contribution in [0, 0.1) is 22.1 Å². The van der Waals surface area contributed by atoms with E-state index >= 15 is 0 Å². The van der Waals surface area contributed by atoms with Gasteiger partial charge in [0.1, 0.15) is 12.3 Å². The maximum atomic E-state index is 13.8. The number of nitroso groups, excluding NO2 is 1. The quantitative estimate of drug-likeness (QED) is 0.775. The Hall–Kier alpha value is -2.74. The SMILES string of the molecule is N#CCc1cc(OCc2ccccc2)c(F)cc1N=O. The number of nitrogens with zero attached hydrogens (tertiary/aromatic N) is 2. The highest BCUT2D eigenvalue weighted by Crippen LogP contribution is 2.28. The molecule has 0 radical (unpaired) electrons. The van der Waals surface area contributed by atoms with E-state index in [0.29, 0.717) is 5.56 Å². The van der Waals surface area contributed by atoms with Gasteiger partial charge in [-0.1, -0.05) is 30.3 Å². The van der Waals surface area contributed by atoms with Gasteiger partial charge in [0.25, 0.3) is 0 Å². The Morgan fingerprint density at radius 1 is 1.25 bits per heavy atom. The minimum absolute atomic E-state index is 0.00602. The summed E-state index contributed by atoms with van der Waals surface area (Å²) in [5.41, 5.74) is 1.18. The normalized spacial score (nSPS) is 9.80. The maximum absolute atomic E-state index is 13.8. The first-order valence-electron chi connectivity index (χ1n) is 5.94. The lowest BCUT2D eigenvalue weighted by Crippen LogP contribution is -1.98. The van der Waals surface area contributed by atoms with E-state index < -0.39 is 5.82 Å². The summed E-state index contributed by atoms with van der Waals surface area (Å²) in [7, 11) is 0. The number of rotatable bonds is 5. The van der Waals surface area contributed by atoms with Gasteiger partial charge in [-0.25, -0.2) is 4.39 Å². The number of ether oxygens (including phenoxy) is 1. The van der Waals surface area contributed by atoms with E-state index in [1.165, 1.54) is 6.07 Å². The lowest BCUT2D eigenvalue weighted by Gasteiger charge is -2.09. The average Bonchev–Trinajstić information content (AvgIpc) is 2.48. The van der Waals surface area contributed by atoms with E-state index in [1.807, 2.05) is 36.4 Å². The predicted octanol–water partition coefficient (Wildman–Crippen LogP) is 3.87. The molecule has 0 saturated carbocycles. The molecule has 0 spiro atoms. The maximum Gasteiger partial charge on any atom is 0.167 e. The first-order chi connectivity index (χ1) is 9.74. The molecule has 0 atom stereocenters. The van der Waals surface area contributed by atoms with Crippen LogP contribution in [0.15, 0.2) is 47.6 Å². The molecule has 4 nitrogen and oxygen atoms in total. The van der Waals surface area contributed by atoms with Gasteiger partial charge in [-0.05, 0) is 22.4 Å². The van der Waals surface area contributed by atoms with E-state index in [0.717, 1.165) is 11.6 Å². The van der Waals surface area contributed by atoms with Crippen LogP contribution in [0.1, 0.15) is 11.1 Å². The Morgan fingerprint density at radius 3 is 2.65 bits per heavy atom. The molecule has 0 saturated heterocycles. The minimum Gasteiger partial charge on any atom is -0.486 e. The summed E-state index contributed by atoms with van der Waals surface area (Å²) in [6.07, 6.45) is -0.0248. The van der Waals surface area contributed by atoms with Gasteiger partial charge in [0, 0.05) is 6.07 Å². The highest BCUT2D eigenvalue weighted by atomic mass is 19.1. The lowest BCUT2D eigenvalue weighted by molar-refractivity contribution is 0.290. The fraction of sp³-hybridized carbons (Fsp3) is 0.133. The average molecular weight is 270 g/mol. The molecule has 0 fully saturated rings. The Labute approximate surface area is 115 Å². The van der Waals surface area contributed by atoms with Crippen molar-refractivity contribution in [2.75, 3.05) is 0 Å². The van der Waals surface area contributed by atoms with E-state index in [9.17, 15) is 9.30 Å². The minimum atomic E-state index is -0.669. The fourth-order valence-corrected chi connectivity index (χ4v) is 1.74. The van der Waals surface area contributed by atoms with Crippen LogP contribution in [-0.4, -0.2) is 0 Å². The summed E-state index contributed by atoms with van der Waals surface area (Å²) < 4.78 is 19.1. The monoisotopic (exact) mass is 270 g/mol. The molecule has 0 unspecified atom stereocenters. The summed E-state index contributed by atoms with van der Waals surface area (Å²) in [4.78, 5) is 10.6. The Morgan fingerprint density at radius 2 is 2.00 bits per heavy atom. The molecule has 5 heteroatoms. The molecule has 0 heterocycles. The van der Waals surface area contributed by atoms with E-state index in [4.69, 9.17) is 10.00 Å². The first-order valence-corrected chi connectivity index (χ1v) is 5.94. The number of benzene rings is 2. The summed E-state index contributed by atoms with van der Waals surface area (Å²) in [5.74, 6) is -0.663. The third kappa shape index (κ3) is 3.18. The van der Waals surface area contributed by atoms with Crippen LogP contribution in [0.4, 0.5) is 10.1 Å². The van der Waals surface area contributed by atoms with Crippen LogP contribution in [0.25, 0.3) is 0 Å². The second-order valence-corrected chi connectivity index (χ2v) is 4.11. The van der Waals surface area contributed by atoms with E-state index in [-0.39, 0.29) is 24.5 Å². The summed E-state index contributed by atoms with van der Waals surface area (Å²) in [5, 5.41) is 11.4. The second kappa shape index (κ2) is 6.43. The van der Waals surface area contributed by atoms with Crippen LogP contribution in [0.5, 0.6) is 5.75 Å². The molecule has 0 amide bonds. The van der Waals surface area contributed by atoms with Crippen molar-refractivity contribution >= 4 is 5.69 Å². The van der Waals surface area contributed by atoms with Crippen molar-refractivity contribution in [3.63, 3.8) is 0 Å². The smallest absolute Gasteiger partial charge is 0.167 e. The van der Waals surface area contributed by atoms with E-state index in [2.05, 4.69) is 5.18 Å². The van der Waals surface area contributed by atoms with Gasteiger partial charge < -0.3 is 4.74 Å². The standard InChI is InChI=1S/C15H11FN2O2/c16-13-9-14(18-19)12(6-7-17)8-15(13)20-10-11-4-2-1-3-5-11/h1-5,8-9H,6,10H2. The number of hydrogen-bond acceptors (Lipinski definition) is 4. The molecule has 20 heavy (non-hydrogen) atoms. The molecule has 0 aliphatic rings. The Bertz CT molecular complexity index is 651. The zero-order valence-electron chi connectivity index (χ0n) is 10.5. The highest BCUT2D eigenvalue weighted by Gasteiger charge is 2.11. The van der Waals surface area contributed by atoms with Gasteiger partial charge in [0.05, 0.1) is 12.5 Å². The van der Waals surface area contributed by atoms with Crippen LogP contribution in [0.2, 0.25) is 0 Å². The molecule has 2 rings (SSSR count). The zero-order valence-corrected chi connectivity index (χ0v) is 10.5. The molecule has 0 bridgehead atoms. The van der Waals surface area contributed by atoms with Crippen molar-refractivity contribution in [1.82, 2.24) is 0 Å². The van der Waals surface area contributed by atoms with Gasteiger partial charge in [0.15, 0.2) is 11.6 Å². The molecular formula is C15H11FN2O2. The third-order valence-corrected chi connectivity index (χ3v) is 2.74. The van der Waals surface area contributed by atoms with Crippen LogP contribution >= 0.6 is 0 Å². The first kappa shape index (κ1) is 13.7. The fourth-order valence-electron chi connectivity index (χ4n) is 1.74. The van der Waals surface area contributed by atoms with Crippen LogP contribution in [0.3, 0.4) is 0 Å². The lowest BCUT2D eigenvalue weighted by atomic mass is 10.1. The largest absolute Gasteiger partial charge is 0.486 e. The Kier molecular flexibility index (Phi) is 4.40. The van der Waals surface area contributed by atoms with Crippen molar-refractivity contribution in [2.45, 2.75) is 13.0 Å². The Balaban J connectivity index is 2.21. The zero-order chi connectivity index (χ0) is 14.4. The molecule has 0 aliphatic heterocycles. The highest BCUT2D eigenvalue weighted by molar-refractivity contribution is 5.51. The van der Waals surface area contributed by atoms with Crippen LogP contribution in [-0.2, 0) is 13.0 Å². The van der Waals surface area contributed by atoms with Crippen LogP contribution < -0.4 is 4.74 Å². The molecule has 0 aromatic heterocycles. The number of nitriles is 1. The summed E-state index contributed by atoms with van der Waals surface area (Å²) in [6.45, 7) is 0.206. The molecule has 0 aliphatic carbocycles. The van der Waals surface area contributed by atoms with Gasteiger partial charge in [-0.15, -0.1) is 4.91 Å². The van der Waals surface area contributed by atoms with Crippen molar-refractivity contribution in [2.24, 2.45) is 5.18 Å². The van der Waals surface area contributed by atoms with Crippen molar-refractivity contribution in [3.05, 3.63) is 64.3 Å². The second-order valence-electron chi connectivity index (χ2n) is 4.11. The third-order valence-electron chi connectivity index (χ3n) is 2.74. The van der Waals surface area contributed by atoms with Gasteiger partial charge in [-0.2, -0.15) is 5.26 Å². The van der Waals surface area contributed by atoms with Gasteiger partial charge in [0.2, 0.25) is 0 Å². The molecule has 2 aromatic rings. The van der Waals surface area contributed by atoms with Crippen molar-refractivity contribution in [3.8, 4) is 11.8 Å². The van der Waals surface area contributed by atoms with Gasteiger partial charge >= 0.3 is 0 Å². The summed E-state index contributed by atoms with van der Waals surface area (Å²) in [6, 6.07) is 13.5. The van der Waals surface area contributed by atoms with Crippen molar-refractivity contribution < 1.29 is 9.13 Å². The topological polar surface area (TPSA) is 62.4 Å². The predicted molar refractivity (Wildman–Crippen MR) is 71.9 cm³/mol. The molecular weight excluding hydrogens is 259 g/mol. The number of hydrogen-bond donors (Lipinski definition) is 0. The molecule has 100 valence electrons. The summed E-state index contributed by atoms with van der Waals surface area (Å²) >= 11 is 0.